The number of hydrogen-bond donors (Lipinski definition) is 0. The number of rotatable bonds is 3. The fourth-order valence-corrected chi connectivity index (χ4v) is 2.00. The quantitative estimate of drug-likeness (QED) is 0.724. The average molecular weight is 216 g/mol. The van der Waals surface area contributed by atoms with Crippen LogP contribution in [0.25, 0.3) is 5.76 Å². The van der Waals surface area contributed by atoms with Crippen molar-refractivity contribution in [3.63, 3.8) is 0 Å². The number of esters is 1. The van der Waals surface area contributed by atoms with Crippen LogP contribution in [0.4, 0.5) is 0 Å². The van der Waals surface area contributed by atoms with Gasteiger partial charge in [-0.1, -0.05) is 43.7 Å². The van der Waals surface area contributed by atoms with E-state index in [0.717, 1.165) is 24.2 Å². The monoisotopic (exact) mass is 216 g/mol. The van der Waals surface area contributed by atoms with Crippen molar-refractivity contribution in [3.05, 3.63) is 42.0 Å². The normalized spacial score (nSPS) is 20.2. The zero-order valence-electron chi connectivity index (χ0n) is 9.48. The predicted molar refractivity (Wildman–Crippen MR) is 63.5 cm³/mol. The summed E-state index contributed by atoms with van der Waals surface area (Å²) in [5.74, 6) is 0.941. The van der Waals surface area contributed by atoms with Crippen molar-refractivity contribution >= 4 is 11.7 Å². The van der Waals surface area contributed by atoms with Gasteiger partial charge in [0.25, 0.3) is 0 Å². The van der Waals surface area contributed by atoms with E-state index >= 15 is 0 Å². The molecule has 0 saturated carbocycles. The van der Waals surface area contributed by atoms with Crippen LogP contribution < -0.4 is 0 Å². The van der Waals surface area contributed by atoms with Crippen molar-refractivity contribution < 1.29 is 9.53 Å². The van der Waals surface area contributed by atoms with Crippen LogP contribution in [0.5, 0.6) is 0 Å². The first-order valence-corrected chi connectivity index (χ1v) is 5.77. The Bertz CT molecular complexity index is 392. The number of hydrogen-bond acceptors (Lipinski definition) is 2. The van der Waals surface area contributed by atoms with Crippen molar-refractivity contribution in [2.75, 3.05) is 0 Å². The SMILES string of the molecule is CCCC1C=C(c2ccccc2)OC(=O)C1. The molecule has 0 fully saturated rings. The lowest BCUT2D eigenvalue weighted by atomic mass is 9.95. The van der Waals surface area contributed by atoms with Gasteiger partial charge < -0.3 is 4.74 Å². The molecule has 0 bridgehead atoms. The van der Waals surface area contributed by atoms with E-state index < -0.39 is 0 Å². The van der Waals surface area contributed by atoms with E-state index in [4.69, 9.17) is 4.74 Å². The van der Waals surface area contributed by atoms with Gasteiger partial charge in [0.2, 0.25) is 0 Å². The van der Waals surface area contributed by atoms with Gasteiger partial charge in [0.1, 0.15) is 5.76 Å². The third kappa shape index (κ3) is 2.51. The second kappa shape index (κ2) is 4.97. The second-order valence-electron chi connectivity index (χ2n) is 4.12. The van der Waals surface area contributed by atoms with Gasteiger partial charge in [0, 0.05) is 5.56 Å². The number of carbonyl (C=O) groups is 1. The minimum atomic E-state index is -0.111. The molecule has 1 heterocycles. The number of allylic oxidation sites excluding steroid dienone is 1. The predicted octanol–water partition coefficient (Wildman–Crippen LogP) is 3.39. The van der Waals surface area contributed by atoms with Gasteiger partial charge in [-0.2, -0.15) is 0 Å². The highest BCUT2D eigenvalue weighted by Gasteiger charge is 2.21. The zero-order chi connectivity index (χ0) is 11.4. The number of cyclic esters (lactones) is 1. The maximum absolute atomic E-state index is 11.5. The van der Waals surface area contributed by atoms with Crippen molar-refractivity contribution in [1.29, 1.82) is 0 Å². The minimum absolute atomic E-state index is 0.111. The molecule has 0 N–H and O–H groups in total. The Morgan fingerprint density at radius 2 is 2.06 bits per heavy atom. The summed E-state index contributed by atoms with van der Waals surface area (Å²) in [4.78, 5) is 11.5. The first-order valence-electron chi connectivity index (χ1n) is 5.77. The first-order chi connectivity index (χ1) is 7.79. The molecule has 0 radical (unpaired) electrons. The van der Waals surface area contributed by atoms with E-state index in [1.54, 1.807) is 0 Å². The summed E-state index contributed by atoms with van der Waals surface area (Å²) in [6.45, 7) is 2.13. The summed E-state index contributed by atoms with van der Waals surface area (Å²) < 4.78 is 5.27. The molecule has 16 heavy (non-hydrogen) atoms. The van der Waals surface area contributed by atoms with E-state index in [0.29, 0.717) is 12.3 Å². The Balaban J connectivity index is 2.23. The molecule has 1 aliphatic rings. The highest BCUT2D eigenvalue weighted by atomic mass is 16.5. The fraction of sp³-hybridized carbons (Fsp3) is 0.357. The Kier molecular flexibility index (Phi) is 3.40. The molecule has 2 nitrogen and oxygen atoms in total. The zero-order valence-corrected chi connectivity index (χ0v) is 9.48. The molecule has 1 aromatic rings. The van der Waals surface area contributed by atoms with Crippen LogP contribution in [-0.2, 0) is 9.53 Å². The Hall–Kier alpha value is -1.57. The van der Waals surface area contributed by atoms with E-state index in [1.807, 2.05) is 30.3 Å². The van der Waals surface area contributed by atoms with E-state index in [1.165, 1.54) is 0 Å². The molecule has 84 valence electrons. The molecule has 1 unspecified atom stereocenters. The molecular weight excluding hydrogens is 200 g/mol. The summed E-state index contributed by atoms with van der Waals surface area (Å²) in [7, 11) is 0. The molecule has 1 aliphatic heterocycles. The Labute approximate surface area is 95.9 Å². The summed E-state index contributed by atoms with van der Waals surface area (Å²) in [6.07, 6.45) is 4.74. The highest BCUT2D eigenvalue weighted by molar-refractivity contribution is 5.81. The van der Waals surface area contributed by atoms with Crippen LogP contribution in [0.15, 0.2) is 36.4 Å². The van der Waals surface area contributed by atoms with Crippen LogP contribution in [0.2, 0.25) is 0 Å². The van der Waals surface area contributed by atoms with Gasteiger partial charge in [-0.25, -0.2) is 0 Å². The maximum atomic E-state index is 11.5. The van der Waals surface area contributed by atoms with Crippen molar-refractivity contribution in [3.8, 4) is 0 Å². The minimum Gasteiger partial charge on any atom is -0.426 e. The van der Waals surface area contributed by atoms with E-state index in [9.17, 15) is 4.79 Å². The summed E-state index contributed by atoms with van der Waals surface area (Å²) in [5.41, 5.74) is 0.983. The topological polar surface area (TPSA) is 26.3 Å². The largest absolute Gasteiger partial charge is 0.426 e. The number of ether oxygens (including phenoxy) is 1. The average Bonchev–Trinajstić information content (AvgIpc) is 2.30. The smallest absolute Gasteiger partial charge is 0.311 e. The summed E-state index contributed by atoms with van der Waals surface area (Å²) in [5, 5.41) is 0. The van der Waals surface area contributed by atoms with Gasteiger partial charge in [-0.15, -0.1) is 0 Å². The molecule has 0 spiro atoms. The standard InChI is InChI=1S/C14H16O2/c1-2-6-11-9-13(16-14(15)10-11)12-7-4-3-5-8-12/h3-5,7-9,11H,2,6,10H2,1H3. The Morgan fingerprint density at radius 3 is 2.75 bits per heavy atom. The molecule has 2 heteroatoms. The van der Waals surface area contributed by atoms with Crippen molar-refractivity contribution in [2.45, 2.75) is 26.2 Å². The molecule has 0 aromatic heterocycles. The Morgan fingerprint density at radius 1 is 1.31 bits per heavy atom. The lowest BCUT2D eigenvalue weighted by Crippen LogP contribution is -2.15. The third-order valence-electron chi connectivity index (χ3n) is 2.76. The molecule has 0 amide bonds. The van der Waals surface area contributed by atoms with Gasteiger partial charge in [-0.05, 0) is 18.4 Å². The van der Waals surface area contributed by atoms with Gasteiger partial charge in [-0.3, -0.25) is 4.79 Å². The van der Waals surface area contributed by atoms with Crippen LogP contribution in [0.3, 0.4) is 0 Å². The van der Waals surface area contributed by atoms with E-state index in [-0.39, 0.29) is 5.97 Å². The fourth-order valence-electron chi connectivity index (χ4n) is 2.00. The van der Waals surface area contributed by atoms with E-state index in [2.05, 4.69) is 13.0 Å². The first kappa shape index (κ1) is 10.9. The lowest BCUT2D eigenvalue weighted by Gasteiger charge is -2.20. The second-order valence-corrected chi connectivity index (χ2v) is 4.12. The number of benzene rings is 1. The summed E-state index contributed by atoms with van der Waals surface area (Å²) >= 11 is 0. The molecule has 1 aromatic carbocycles. The highest BCUT2D eigenvalue weighted by Crippen LogP contribution is 2.27. The van der Waals surface area contributed by atoms with Crippen molar-refractivity contribution in [2.24, 2.45) is 5.92 Å². The maximum Gasteiger partial charge on any atom is 0.311 e. The van der Waals surface area contributed by atoms with Crippen LogP contribution >= 0.6 is 0 Å². The molecule has 1 atom stereocenters. The lowest BCUT2D eigenvalue weighted by molar-refractivity contribution is -0.138. The van der Waals surface area contributed by atoms with Crippen LogP contribution in [0.1, 0.15) is 31.7 Å². The van der Waals surface area contributed by atoms with Gasteiger partial charge in [0.15, 0.2) is 0 Å². The molecular formula is C14H16O2. The third-order valence-corrected chi connectivity index (χ3v) is 2.76. The molecule has 2 rings (SSSR count). The molecule has 0 aliphatic carbocycles. The van der Waals surface area contributed by atoms with Gasteiger partial charge >= 0.3 is 5.97 Å². The van der Waals surface area contributed by atoms with Crippen LogP contribution in [0, 0.1) is 5.92 Å². The van der Waals surface area contributed by atoms with Crippen LogP contribution in [-0.4, -0.2) is 5.97 Å². The number of carbonyl (C=O) groups excluding carboxylic acids is 1. The summed E-state index contributed by atoms with van der Waals surface area (Å²) in [6, 6.07) is 9.79. The van der Waals surface area contributed by atoms with Gasteiger partial charge in [0.05, 0.1) is 6.42 Å². The molecule has 0 saturated heterocycles. The van der Waals surface area contributed by atoms with Crippen molar-refractivity contribution in [1.82, 2.24) is 0 Å².